The third-order valence-corrected chi connectivity index (χ3v) is 3.82. The van der Waals surface area contributed by atoms with Gasteiger partial charge in [-0.3, -0.25) is 9.69 Å². The smallest absolute Gasteiger partial charge is 0.325 e. The Morgan fingerprint density at radius 2 is 1.95 bits per heavy atom. The zero-order valence-electron chi connectivity index (χ0n) is 12.3. The number of hydrogen-bond donors (Lipinski definition) is 1. The molecule has 0 saturated carbocycles. The SMILES string of the molecule is COc1ccc(C)cc1C(C(=O)O)N1CCN(C)CC1. The van der Waals surface area contributed by atoms with Crippen LogP contribution in [0.4, 0.5) is 0 Å². The Morgan fingerprint density at radius 1 is 1.30 bits per heavy atom. The molecule has 1 saturated heterocycles. The molecule has 0 radical (unpaired) electrons. The Hall–Kier alpha value is -1.59. The molecule has 1 aromatic rings. The number of benzene rings is 1. The van der Waals surface area contributed by atoms with Crippen LogP contribution in [0.5, 0.6) is 5.75 Å². The number of ether oxygens (including phenoxy) is 1. The van der Waals surface area contributed by atoms with E-state index in [0.717, 1.165) is 37.3 Å². The summed E-state index contributed by atoms with van der Waals surface area (Å²) >= 11 is 0. The average Bonchev–Trinajstić information content (AvgIpc) is 2.41. The van der Waals surface area contributed by atoms with E-state index in [1.54, 1.807) is 7.11 Å². The fourth-order valence-electron chi connectivity index (χ4n) is 2.63. The van der Waals surface area contributed by atoms with Gasteiger partial charge < -0.3 is 14.7 Å². The normalized spacial score (nSPS) is 18.8. The Balaban J connectivity index is 2.33. The molecule has 2 rings (SSSR count). The standard InChI is InChI=1S/C15H22N2O3/c1-11-4-5-13(20-3)12(10-11)14(15(18)19)17-8-6-16(2)7-9-17/h4-5,10,14H,6-9H2,1-3H3,(H,18,19). The van der Waals surface area contributed by atoms with E-state index >= 15 is 0 Å². The van der Waals surface area contributed by atoms with Crippen molar-refractivity contribution in [2.45, 2.75) is 13.0 Å². The summed E-state index contributed by atoms with van der Waals surface area (Å²) in [5.41, 5.74) is 1.78. The minimum absolute atomic E-state index is 0.640. The number of aliphatic carboxylic acids is 1. The first-order valence-corrected chi connectivity index (χ1v) is 6.83. The van der Waals surface area contributed by atoms with Crippen molar-refractivity contribution in [3.63, 3.8) is 0 Å². The number of carbonyl (C=O) groups is 1. The van der Waals surface area contributed by atoms with Crippen molar-refractivity contribution in [2.75, 3.05) is 40.3 Å². The van der Waals surface area contributed by atoms with E-state index in [-0.39, 0.29) is 0 Å². The second-order valence-corrected chi connectivity index (χ2v) is 5.33. The highest BCUT2D eigenvalue weighted by atomic mass is 16.5. The molecule has 1 fully saturated rings. The fraction of sp³-hybridized carbons (Fsp3) is 0.533. The molecule has 0 aromatic heterocycles. The zero-order valence-corrected chi connectivity index (χ0v) is 12.3. The summed E-state index contributed by atoms with van der Waals surface area (Å²) in [6.45, 7) is 5.25. The molecular formula is C15H22N2O3. The van der Waals surface area contributed by atoms with Gasteiger partial charge in [-0.15, -0.1) is 0 Å². The summed E-state index contributed by atoms with van der Waals surface area (Å²) in [5, 5.41) is 9.64. The van der Waals surface area contributed by atoms with Crippen LogP contribution in [0.2, 0.25) is 0 Å². The minimum Gasteiger partial charge on any atom is -0.496 e. The van der Waals surface area contributed by atoms with Crippen LogP contribution in [0.1, 0.15) is 17.2 Å². The van der Waals surface area contributed by atoms with Gasteiger partial charge in [-0.05, 0) is 20.0 Å². The van der Waals surface area contributed by atoms with Gasteiger partial charge in [-0.1, -0.05) is 17.7 Å². The number of likely N-dealkylation sites (N-methyl/N-ethyl adjacent to an activating group) is 1. The number of carboxylic acid groups (broad SMARTS) is 1. The third-order valence-electron chi connectivity index (χ3n) is 3.82. The van der Waals surface area contributed by atoms with Crippen LogP contribution in [-0.2, 0) is 4.79 Å². The van der Waals surface area contributed by atoms with Crippen LogP contribution in [0, 0.1) is 6.92 Å². The molecule has 1 aliphatic heterocycles. The highest BCUT2D eigenvalue weighted by Gasteiger charge is 2.31. The van der Waals surface area contributed by atoms with Crippen LogP contribution in [-0.4, -0.2) is 61.2 Å². The van der Waals surface area contributed by atoms with Crippen molar-refractivity contribution < 1.29 is 14.6 Å². The van der Waals surface area contributed by atoms with Crippen molar-refractivity contribution >= 4 is 5.97 Å². The van der Waals surface area contributed by atoms with Crippen LogP contribution in [0.3, 0.4) is 0 Å². The quantitative estimate of drug-likeness (QED) is 0.901. The lowest BCUT2D eigenvalue weighted by atomic mass is 10.0. The van der Waals surface area contributed by atoms with Crippen LogP contribution in [0.25, 0.3) is 0 Å². The lowest BCUT2D eigenvalue weighted by Gasteiger charge is -2.36. The topological polar surface area (TPSA) is 53.0 Å². The number of aryl methyl sites for hydroxylation is 1. The molecule has 0 amide bonds. The van der Waals surface area contributed by atoms with Crippen LogP contribution >= 0.6 is 0 Å². The van der Waals surface area contributed by atoms with E-state index in [2.05, 4.69) is 11.9 Å². The van der Waals surface area contributed by atoms with Gasteiger partial charge >= 0.3 is 5.97 Å². The first-order chi connectivity index (χ1) is 9.52. The maximum atomic E-state index is 11.7. The van der Waals surface area contributed by atoms with E-state index < -0.39 is 12.0 Å². The van der Waals surface area contributed by atoms with E-state index in [1.165, 1.54) is 0 Å². The number of rotatable bonds is 4. The molecule has 110 valence electrons. The minimum atomic E-state index is -0.821. The molecule has 5 nitrogen and oxygen atoms in total. The first-order valence-electron chi connectivity index (χ1n) is 6.83. The van der Waals surface area contributed by atoms with E-state index in [1.807, 2.05) is 30.0 Å². The van der Waals surface area contributed by atoms with Crippen molar-refractivity contribution in [3.8, 4) is 5.75 Å². The molecule has 0 aliphatic carbocycles. The highest BCUT2D eigenvalue weighted by Crippen LogP contribution is 2.31. The Labute approximate surface area is 119 Å². The largest absolute Gasteiger partial charge is 0.496 e. The number of nitrogens with zero attached hydrogens (tertiary/aromatic N) is 2. The summed E-state index contributed by atoms with van der Waals surface area (Å²) in [7, 11) is 3.64. The number of carboxylic acids is 1. The van der Waals surface area contributed by atoms with Gasteiger partial charge in [-0.2, -0.15) is 0 Å². The van der Waals surface area contributed by atoms with Crippen LogP contribution in [0.15, 0.2) is 18.2 Å². The summed E-state index contributed by atoms with van der Waals surface area (Å²) in [4.78, 5) is 16.0. The van der Waals surface area contributed by atoms with Gasteiger partial charge in [0, 0.05) is 31.7 Å². The zero-order chi connectivity index (χ0) is 14.7. The summed E-state index contributed by atoms with van der Waals surface area (Å²) < 4.78 is 5.34. The molecule has 1 N–H and O–H groups in total. The maximum absolute atomic E-state index is 11.7. The van der Waals surface area contributed by atoms with Crippen molar-refractivity contribution in [2.24, 2.45) is 0 Å². The van der Waals surface area contributed by atoms with Crippen molar-refractivity contribution in [3.05, 3.63) is 29.3 Å². The molecule has 1 heterocycles. The summed E-state index contributed by atoms with van der Waals surface area (Å²) in [6, 6.07) is 5.05. The Kier molecular flexibility index (Phi) is 4.62. The predicted molar refractivity (Wildman–Crippen MR) is 77.2 cm³/mol. The van der Waals surface area contributed by atoms with Gasteiger partial charge in [-0.25, -0.2) is 0 Å². The Morgan fingerprint density at radius 3 is 2.50 bits per heavy atom. The van der Waals surface area contributed by atoms with Gasteiger partial charge in [0.25, 0.3) is 0 Å². The maximum Gasteiger partial charge on any atom is 0.325 e. The third kappa shape index (κ3) is 3.11. The van der Waals surface area contributed by atoms with Crippen molar-refractivity contribution in [1.29, 1.82) is 0 Å². The molecule has 0 bridgehead atoms. The van der Waals surface area contributed by atoms with Crippen molar-refractivity contribution in [1.82, 2.24) is 9.80 Å². The van der Waals surface area contributed by atoms with Gasteiger partial charge in [0.2, 0.25) is 0 Å². The second kappa shape index (κ2) is 6.24. The van der Waals surface area contributed by atoms with Gasteiger partial charge in [0.1, 0.15) is 11.8 Å². The highest BCUT2D eigenvalue weighted by molar-refractivity contribution is 5.77. The average molecular weight is 278 g/mol. The lowest BCUT2D eigenvalue weighted by Crippen LogP contribution is -2.47. The molecular weight excluding hydrogens is 256 g/mol. The molecule has 0 spiro atoms. The monoisotopic (exact) mass is 278 g/mol. The van der Waals surface area contributed by atoms with E-state index in [4.69, 9.17) is 4.74 Å². The van der Waals surface area contributed by atoms with Crippen LogP contribution < -0.4 is 4.74 Å². The molecule has 1 atom stereocenters. The number of hydrogen-bond acceptors (Lipinski definition) is 4. The number of methoxy groups -OCH3 is 1. The molecule has 1 aromatic carbocycles. The first kappa shape index (κ1) is 14.8. The van der Waals surface area contributed by atoms with Gasteiger partial charge in [0.05, 0.1) is 7.11 Å². The number of piperazine rings is 1. The predicted octanol–water partition coefficient (Wildman–Crippen LogP) is 1.38. The molecule has 20 heavy (non-hydrogen) atoms. The fourth-order valence-corrected chi connectivity index (χ4v) is 2.63. The van der Waals surface area contributed by atoms with Gasteiger partial charge in [0.15, 0.2) is 0 Å². The second-order valence-electron chi connectivity index (χ2n) is 5.33. The lowest BCUT2D eigenvalue weighted by molar-refractivity contribution is -0.144. The summed E-state index contributed by atoms with van der Waals surface area (Å²) in [6.07, 6.45) is 0. The molecule has 1 aliphatic rings. The Bertz CT molecular complexity index is 482. The summed E-state index contributed by atoms with van der Waals surface area (Å²) in [5.74, 6) is -0.180. The molecule has 5 heteroatoms. The van der Waals surface area contributed by atoms with E-state index in [9.17, 15) is 9.90 Å². The molecule has 1 unspecified atom stereocenters. The van der Waals surface area contributed by atoms with E-state index in [0.29, 0.717) is 5.75 Å².